The largest absolute Gasteiger partial charge is 0.354 e. The molecule has 1 rings (SSSR count). The highest BCUT2D eigenvalue weighted by molar-refractivity contribution is 5.92. The molecule has 0 bridgehead atoms. The Morgan fingerprint density at radius 2 is 1.77 bits per heavy atom. The van der Waals surface area contributed by atoms with Crippen LogP contribution >= 0.6 is 0 Å². The summed E-state index contributed by atoms with van der Waals surface area (Å²) in [6, 6.07) is 1.78. The quantitative estimate of drug-likeness (QED) is 0.670. The van der Waals surface area contributed by atoms with E-state index in [-0.39, 0.29) is 5.91 Å². The Hall–Kier alpha value is -1.65. The lowest BCUT2D eigenvalue weighted by atomic mass is 10.2. The molecule has 0 saturated heterocycles. The third kappa shape index (κ3) is 6.00. The number of carbonyl (C=O) groups is 1. The van der Waals surface area contributed by atoms with Gasteiger partial charge in [0.15, 0.2) is 0 Å². The number of unbranched alkanes of at least 4 members (excludes halogenated alkanes) is 2. The van der Waals surface area contributed by atoms with Crippen LogP contribution in [0.15, 0.2) is 6.07 Å². The second kappa shape index (κ2) is 10.1. The van der Waals surface area contributed by atoms with E-state index in [0.29, 0.717) is 11.6 Å². The van der Waals surface area contributed by atoms with Crippen LogP contribution in [-0.2, 0) is 0 Å². The van der Waals surface area contributed by atoms with Gasteiger partial charge in [0.1, 0.15) is 5.69 Å². The molecule has 0 spiro atoms. The summed E-state index contributed by atoms with van der Waals surface area (Å²) in [6.07, 6.45) is 5.37. The Balaban J connectivity index is 2.80. The summed E-state index contributed by atoms with van der Waals surface area (Å²) < 4.78 is 0. The summed E-state index contributed by atoms with van der Waals surface area (Å²) in [5.41, 5.74) is 1.32. The molecule has 0 unspecified atom stereocenters. The van der Waals surface area contributed by atoms with E-state index in [2.05, 4.69) is 36.1 Å². The molecule has 1 heterocycles. The minimum Gasteiger partial charge on any atom is -0.354 e. The number of nitrogens with zero attached hydrogens (tertiary/aromatic N) is 3. The number of amides is 1. The van der Waals surface area contributed by atoms with E-state index in [1.165, 1.54) is 12.8 Å². The van der Waals surface area contributed by atoms with E-state index in [0.717, 1.165) is 44.6 Å². The fraction of sp³-hybridized carbons (Fsp3) is 0.706. The van der Waals surface area contributed by atoms with E-state index < -0.39 is 0 Å². The van der Waals surface area contributed by atoms with Gasteiger partial charge in [0, 0.05) is 25.3 Å². The van der Waals surface area contributed by atoms with Crippen LogP contribution in [-0.4, -0.2) is 40.4 Å². The van der Waals surface area contributed by atoms with Crippen molar-refractivity contribution in [1.29, 1.82) is 0 Å². The van der Waals surface area contributed by atoms with Gasteiger partial charge in [-0.05, 0) is 32.3 Å². The molecule has 0 atom stereocenters. The summed E-state index contributed by atoms with van der Waals surface area (Å²) in [6.45, 7) is 10.6. The van der Waals surface area contributed by atoms with E-state index in [1.54, 1.807) is 6.07 Å². The van der Waals surface area contributed by atoms with Gasteiger partial charge in [-0.2, -0.15) is 0 Å². The van der Waals surface area contributed by atoms with Crippen molar-refractivity contribution >= 4 is 11.9 Å². The zero-order valence-electron chi connectivity index (χ0n) is 14.5. The van der Waals surface area contributed by atoms with Crippen molar-refractivity contribution in [3.8, 4) is 0 Å². The van der Waals surface area contributed by atoms with Gasteiger partial charge in [-0.3, -0.25) is 4.79 Å². The highest BCUT2D eigenvalue weighted by atomic mass is 16.2. The number of carbonyl (C=O) groups excluding carboxylic acids is 1. The molecular formula is C17H30N4O. The molecule has 22 heavy (non-hydrogen) atoms. The third-order valence-corrected chi connectivity index (χ3v) is 3.41. The monoisotopic (exact) mass is 306 g/mol. The zero-order chi connectivity index (χ0) is 16.4. The summed E-state index contributed by atoms with van der Waals surface area (Å²) >= 11 is 0. The van der Waals surface area contributed by atoms with Gasteiger partial charge in [0.05, 0.1) is 0 Å². The fourth-order valence-corrected chi connectivity index (χ4v) is 2.35. The molecule has 1 aromatic heterocycles. The van der Waals surface area contributed by atoms with E-state index >= 15 is 0 Å². The minimum atomic E-state index is 0.00538. The first-order valence-electron chi connectivity index (χ1n) is 8.51. The van der Waals surface area contributed by atoms with Crippen LogP contribution in [0.3, 0.4) is 0 Å². The first kappa shape index (κ1) is 18.4. The molecular weight excluding hydrogens is 276 g/mol. The topological polar surface area (TPSA) is 58.1 Å². The number of aryl methyl sites for hydroxylation is 1. The van der Waals surface area contributed by atoms with Gasteiger partial charge in [0.25, 0.3) is 5.91 Å². The SMILES string of the molecule is CCCCCNc1nc(C)cc(C(=O)N(CCC)CCC)n1. The van der Waals surface area contributed by atoms with Gasteiger partial charge in [-0.15, -0.1) is 0 Å². The Morgan fingerprint density at radius 3 is 2.36 bits per heavy atom. The van der Waals surface area contributed by atoms with Crippen LogP contribution in [0.25, 0.3) is 0 Å². The van der Waals surface area contributed by atoms with E-state index in [9.17, 15) is 4.79 Å². The second-order valence-electron chi connectivity index (χ2n) is 5.64. The molecule has 124 valence electrons. The number of aromatic nitrogens is 2. The molecule has 0 saturated carbocycles. The summed E-state index contributed by atoms with van der Waals surface area (Å²) in [5.74, 6) is 0.568. The van der Waals surface area contributed by atoms with Gasteiger partial charge in [-0.1, -0.05) is 33.6 Å². The van der Waals surface area contributed by atoms with E-state index in [1.807, 2.05) is 11.8 Å². The van der Waals surface area contributed by atoms with Gasteiger partial charge in [-0.25, -0.2) is 9.97 Å². The maximum Gasteiger partial charge on any atom is 0.272 e. The maximum atomic E-state index is 12.6. The molecule has 0 radical (unpaired) electrons. The van der Waals surface area contributed by atoms with Crippen molar-refractivity contribution in [2.45, 2.75) is 59.8 Å². The molecule has 0 fully saturated rings. The minimum absolute atomic E-state index is 0.00538. The molecule has 1 aromatic rings. The van der Waals surface area contributed by atoms with Crippen molar-refractivity contribution in [2.75, 3.05) is 25.0 Å². The number of rotatable bonds is 10. The van der Waals surface area contributed by atoms with Crippen LogP contribution in [0.5, 0.6) is 0 Å². The van der Waals surface area contributed by atoms with Crippen LogP contribution in [0.4, 0.5) is 5.95 Å². The smallest absolute Gasteiger partial charge is 0.272 e. The van der Waals surface area contributed by atoms with E-state index in [4.69, 9.17) is 0 Å². The van der Waals surface area contributed by atoms with Crippen LogP contribution in [0, 0.1) is 6.92 Å². The van der Waals surface area contributed by atoms with Crippen molar-refractivity contribution in [3.63, 3.8) is 0 Å². The average molecular weight is 306 g/mol. The lowest BCUT2D eigenvalue weighted by Gasteiger charge is -2.21. The zero-order valence-corrected chi connectivity index (χ0v) is 14.5. The summed E-state index contributed by atoms with van der Waals surface area (Å²) in [4.78, 5) is 23.3. The van der Waals surface area contributed by atoms with Crippen molar-refractivity contribution < 1.29 is 4.79 Å². The first-order valence-corrected chi connectivity index (χ1v) is 8.51. The van der Waals surface area contributed by atoms with Gasteiger partial charge in [0.2, 0.25) is 5.95 Å². The highest BCUT2D eigenvalue weighted by Gasteiger charge is 2.17. The summed E-state index contributed by atoms with van der Waals surface area (Å²) in [5, 5.41) is 3.23. The van der Waals surface area contributed by atoms with Crippen LogP contribution in [0.2, 0.25) is 0 Å². The van der Waals surface area contributed by atoms with Gasteiger partial charge >= 0.3 is 0 Å². The standard InChI is InChI=1S/C17H30N4O/c1-5-8-9-10-18-17-19-14(4)13-15(20-17)16(22)21(11-6-2)12-7-3/h13H,5-12H2,1-4H3,(H,18,19,20). The van der Waals surface area contributed by atoms with Gasteiger partial charge < -0.3 is 10.2 Å². The second-order valence-corrected chi connectivity index (χ2v) is 5.64. The predicted molar refractivity (Wildman–Crippen MR) is 91.3 cm³/mol. The van der Waals surface area contributed by atoms with Crippen LogP contribution in [0.1, 0.15) is 69.1 Å². The van der Waals surface area contributed by atoms with Crippen molar-refractivity contribution in [2.24, 2.45) is 0 Å². The lowest BCUT2D eigenvalue weighted by Crippen LogP contribution is -2.33. The lowest BCUT2D eigenvalue weighted by molar-refractivity contribution is 0.0749. The molecule has 1 N–H and O–H groups in total. The number of hydrogen-bond donors (Lipinski definition) is 1. The molecule has 5 heteroatoms. The molecule has 0 aromatic carbocycles. The third-order valence-electron chi connectivity index (χ3n) is 3.41. The normalized spacial score (nSPS) is 10.5. The molecule has 5 nitrogen and oxygen atoms in total. The number of hydrogen-bond acceptors (Lipinski definition) is 4. The molecule has 0 aliphatic rings. The molecule has 0 aliphatic heterocycles. The van der Waals surface area contributed by atoms with Crippen molar-refractivity contribution in [3.05, 3.63) is 17.5 Å². The Labute approximate surface area is 134 Å². The Bertz CT molecular complexity index is 456. The number of anilines is 1. The fourth-order valence-electron chi connectivity index (χ4n) is 2.35. The highest BCUT2D eigenvalue weighted by Crippen LogP contribution is 2.09. The first-order chi connectivity index (χ1) is 10.6. The predicted octanol–water partition coefficient (Wildman–Crippen LogP) is 3.65. The molecule has 0 aliphatic carbocycles. The Morgan fingerprint density at radius 1 is 1.09 bits per heavy atom. The molecule has 1 amide bonds. The number of nitrogens with one attached hydrogen (secondary N) is 1. The van der Waals surface area contributed by atoms with Crippen LogP contribution < -0.4 is 5.32 Å². The Kier molecular flexibility index (Phi) is 8.48. The van der Waals surface area contributed by atoms with Crippen molar-refractivity contribution in [1.82, 2.24) is 14.9 Å². The average Bonchev–Trinajstić information content (AvgIpc) is 2.50. The summed E-state index contributed by atoms with van der Waals surface area (Å²) in [7, 11) is 0. The maximum absolute atomic E-state index is 12.6.